The van der Waals surface area contributed by atoms with Gasteiger partial charge in [0, 0.05) is 17.7 Å². The van der Waals surface area contributed by atoms with Crippen LogP contribution in [0.4, 0.5) is 11.4 Å². The summed E-state index contributed by atoms with van der Waals surface area (Å²) < 4.78 is 4.81. The van der Waals surface area contributed by atoms with E-state index in [9.17, 15) is 19.7 Å². The number of nitro benzene ring substituents is 1. The van der Waals surface area contributed by atoms with Gasteiger partial charge in [0.2, 0.25) is 0 Å². The smallest absolute Gasteiger partial charge is 0.337 e. The van der Waals surface area contributed by atoms with E-state index in [0.29, 0.717) is 22.5 Å². The van der Waals surface area contributed by atoms with Crippen LogP contribution in [0.15, 0.2) is 78.4 Å². The molecule has 0 aromatic heterocycles. The molecule has 7 nitrogen and oxygen atoms in total. The second-order valence-electron chi connectivity index (χ2n) is 7.64. The second-order valence-corrected chi connectivity index (χ2v) is 8.05. The van der Waals surface area contributed by atoms with Gasteiger partial charge in [0.15, 0.2) is 0 Å². The number of hydrogen-bond acceptors (Lipinski definition) is 5. The zero-order valence-electron chi connectivity index (χ0n) is 18.3. The molecular formula is C26H19ClN2O5. The summed E-state index contributed by atoms with van der Waals surface area (Å²) in [5.74, 6) is -0.898. The van der Waals surface area contributed by atoms with Gasteiger partial charge in [-0.2, -0.15) is 0 Å². The number of esters is 1. The lowest BCUT2D eigenvalue weighted by Gasteiger charge is -2.22. The number of amides is 1. The summed E-state index contributed by atoms with van der Waals surface area (Å²) in [6.45, 7) is 1.96. The van der Waals surface area contributed by atoms with Gasteiger partial charge in [0.1, 0.15) is 0 Å². The number of nitro groups is 1. The molecule has 0 spiro atoms. The molecule has 0 unspecified atom stereocenters. The minimum Gasteiger partial charge on any atom is -0.465 e. The van der Waals surface area contributed by atoms with E-state index in [1.807, 2.05) is 31.2 Å². The quantitative estimate of drug-likeness (QED) is 0.201. The number of nitrogens with zero attached hydrogens (tertiary/aromatic N) is 2. The Kier molecular flexibility index (Phi) is 6.30. The molecule has 0 bridgehead atoms. The number of non-ortho nitro benzene ring substituents is 1. The van der Waals surface area contributed by atoms with Crippen molar-refractivity contribution in [2.45, 2.75) is 6.92 Å². The molecule has 8 heteroatoms. The molecule has 0 N–H and O–H groups in total. The number of rotatable bonds is 5. The molecule has 0 fully saturated rings. The van der Waals surface area contributed by atoms with E-state index < -0.39 is 10.9 Å². The van der Waals surface area contributed by atoms with Crippen molar-refractivity contribution in [3.05, 3.63) is 116 Å². The van der Waals surface area contributed by atoms with Gasteiger partial charge in [-0.05, 0) is 60.5 Å². The Morgan fingerprint density at radius 1 is 1.06 bits per heavy atom. The Hall–Kier alpha value is -4.23. The number of ether oxygens (including phenoxy) is 1. The number of aryl methyl sites for hydroxylation is 1. The lowest BCUT2D eigenvalue weighted by Crippen LogP contribution is -2.25. The summed E-state index contributed by atoms with van der Waals surface area (Å²) in [6, 6.07) is 18.2. The van der Waals surface area contributed by atoms with Crippen LogP contribution < -0.4 is 4.90 Å². The topological polar surface area (TPSA) is 89.8 Å². The molecule has 3 aromatic carbocycles. The summed E-state index contributed by atoms with van der Waals surface area (Å²) in [6.07, 6.45) is 3.38. The highest BCUT2D eigenvalue weighted by molar-refractivity contribution is 6.36. The summed E-state index contributed by atoms with van der Waals surface area (Å²) >= 11 is 6.47. The van der Waals surface area contributed by atoms with E-state index in [0.717, 1.165) is 11.1 Å². The molecule has 0 saturated carbocycles. The number of hydrogen-bond donors (Lipinski definition) is 0. The predicted octanol–water partition coefficient (Wildman–Crippen LogP) is 5.81. The first-order chi connectivity index (χ1) is 16.3. The molecule has 170 valence electrons. The van der Waals surface area contributed by atoms with Crippen molar-refractivity contribution in [1.82, 2.24) is 0 Å². The summed E-state index contributed by atoms with van der Waals surface area (Å²) in [5, 5.41) is 11.2. The average Bonchev–Trinajstić information content (AvgIpc) is 3.15. The molecule has 1 heterocycles. The van der Waals surface area contributed by atoms with Crippen molar-refractivity contribution in [2.75, 3.05) is 12.0 Å². The first kappa shape index (κ1) is 22.9. The van der Waals surface area contributed by atoms with Gasteiger partial charge in [-0.25, -0.2) is 4.79 Å². The summed E-state index contributed by atoms with van der Waals surface area (Å²) in [4.78, 5) is 37.6. The van der Waals surface area contributed by atoms with Crippen LogP contribution in [0.5, 0.6) is 0 Å². The molecule has 34 heavy (non-hydrogen) atoms. The number of halogens is 1. The molecular weight excluding hydrogens is 456 g/mol. The third-order valence-corrected chi connectivity index (χ3v) is 5.68. The van der Waals surface area contributed by atoms with Gasteiger partial charge in [-0.3, -0.25) is 19.8 Å². The third-order valence-electron chi connectivity index (χ3n) is 5.36. The second kappa shape index (κ2) is 9.33. The van der Waals surface area contributed by atoms with Crippen LogP contribution >= 0.6 is 11.6 Å². The van der Waals surface area contributed by atoms with Gasteiger partial charge in [-0.1, -0.05) is 41.4 Å². The maximum absolute atomic E-state index is 13.6. The van der Waals surface area contributed by atoms with Crippen molar-refractivity contribution in [3.63, 3.8) is 0 Å². The Balaban J connectivity index is 1.83. The number of benzene rings is 3. The van der Waals surface area contributed by atoms with Crippen molar-refractivity contribution in [2.24, 2.45) is 0 Å². The van der Waals surface area contributed by atoms with E-state index >= 15 is 0 Å². The molecule has 0 atom stereocenters. The fourth-order valence-electron chi connectivity index (χ4n) is 3.59. The minimum atomic E-state index is -0.549. The minimum absolute atomic E-state index is 0.0381. The molecule has 4 rings (SSSR count). The highest BCUT2D eigenvalue weighted by Crippen LogP contribution is 2.39. The largest absolute Gasteiger partial charge is 0.465 e. The van der Waals surface area contributed by atoms with Gasteiger partial charge in [0.25, 0.3) is 11.6 Å². The number of carbonyl (C=O) groups is 2. The lowest BCUT2D eigenvalue weighted by molar-refractivity contribution is -0.384. The molecule has 0 aliphatic carbocycles. The van der Waals surface area contributed by atoms with Crippen LogP contribution in [-0.4, -0.2) is 23.9 Å². The molecule has 1 aliphatic rings. The average molecular weight is 475 g/mol. The molecule has 1 amide bonds. The zero-order chi connectivity index (χ0) is 24.4. The highest BCUT2D eigenvalue weighted by atomic mass is 35.5. The van der Waals surface area contributed by atoms with Crippen LogP contribution in [-0.2, 0) is 9.53 Å². The fourth-order valence-corrected chi connectivity index (χ4v) is 3.79. The van der Waals surface area contributed by atoms with E-state index in [4.69, 9.17) is 16.3 Å². The molecule has 3 aromatic rings. The normalized spacial score (nSPS) is 14.3. The van der Waals surface area contributed by atoms with E-state index in [-0.39, 0.29) is 22.2 Å². The predicted molar refractivity (Wildman–Crippen MR) is 131 cm³/mol. The van der Waals surface area contributed by atoms with Crippen LogP contribution in [0.3, 0.4) is 0 Å². The first-order valence-electron chi connectivity index (χ1n) is 10.3. The summed E-state index contributed by atoms with van der Waals surface area (Å²) in [7, 11) is 1.28. The van der Waals surface area contributed by atoms with Crippen molar-refractivity contribution >= 4 is 46.6 Å². The van der Waals surface area contributed by atoms with Gasteiger partial charge in [0.05, 0.1) is 34.0 Å². The Morgan fingerprint density at radius 3 is 2.35 bits per heavy atom. The standard InChI is InChI=1S/C26H19ClN2O5/c1-16-3-7-18(8-4-16)23-15-20(13-17-5-10-21(11-6-17)29(32)33)25(30)28(23)24-14-19(26(31)34-2)9-12-22(24)27/h3-15H,1-2H3/b20-13+. The summed E-state index contributed by atoms with van der Waals surface area (Å²) in [5.41, 5.74) is 3.98. The lowest BCUT2D eigenvalue weighted by atomic mass is 10.1. The zero-order valence-corrected chi connectivity index (χ0v) is 19.1. The van der Waals surface area contributed by atoms with Gasteiger partial charge < -0.3 is 4.74 Å². The Bertz CT molecular complexity index is 1360. The SMILES string of the molecule is COC(=O)c1ccc(Cl)c(N2C(=O)/C(=C/c3ccc([N+](=O)[O-])cc3)C=C2c2ccc(C)cc2)c1. The van der Waals surface area contributed by atoms with Gasteiger partial charge >= 0.3 is 5.97 Å². The monoisotopic (exact) mass is 474 g/mol. The van der Waals surface area contributed by atoms with Crippen LogP contribution in [0.1, 0.15) is 27.0 Å². The molecule has 1 aliphatic heterocycles. The maximum atomic E-state index is 13.6. The van der Waals surface area contributed by atoms with Crippen molar-refractivity contribution < 1.29 is 19.2 Å². The Labute approximate surface area is 200 Å². The van der Waals surface area contributed by atoms with Crippen molar-refractivity contribution in [1.29, 1.82) is 0 Å². The number of anilines is 1. The fraction of sp³-hybridized carbons (Fsp3) is 0.0769. The van der Waals surface area contributed by atoms with E-state index in [1.54, 1.807) is 30.4 Å². The van der Waals surface area contributed by atoms with Crippen LogP contribution in [0, 0.1) is 17.0 Å². The first-order valence-corrected chi connectivity index (χ1v) is 10.6. The third kappa shape index (κ3) is 4.46. The van der Waals surface area contributed by atoms with E-state index in [1.165, 1.54) is 36.3 Å². The highest BCUT2D eigenvalue weighted by Gasteiger charge is 2.32. The van der Waals surface area contributed by atoms with Crippen LogP contribution in [0.2, 0.25) is 5.02 Å². The molecule has 0 saturated heterocycles. The number of methoxy groups -OCH3 is 1. The Morgan fingerprint density at radius 2 is 1.74 bits per heavy atom. The van der Waals surface area contributed by atoms with E-state index in [2.05, 4.69) is 0 Å². The molecule has 0 radical (unpaired) electrons. The maximum Gasteiger partial charge on any atom is 0.337 e. The number of carbonyl (C=O) groups excluding carboxylic acids is 2. The van der Waals surface area contributed by atoms with Crippen molar-refractivity contribution in [3.8, 4) is 0 Å². The van der Waals surface area contributed by atoms with Crippen LogP contribution in [0.25, 0.3) is 11.8 Å². The van der Waals surface area contributed by atoms with Gasteiger partial charge in [-0.15, -0.1) is 0 Å².